The molecule has 0 saturated carbocycles. The molecule has 0 N–H and O–H groups in total. The fourth-order valence-electron chi connectivity index (χ4n) is 2.75. The second-order valence-electron chi connectivity index (χ2n) is 6.51. The maximum atomic E-state index is 6.00. The Bertz CT molecular complexity index is 683. The normalized spacial score (nSPS) is 12.6. The van der Waals surface area contributed by atoms with Crippen LogP contribution in [0.25, 0.3) is 6.08 Å². The van der Waals surface area contributed by atoms with Gasteiger partial charge in [-0.1, -0.05) is 36.9 Å². The van der Waals surface area contributed by atoms with Crippen molar-refractivity contribution in [3.8, 4) is 5.75 Å². The highest BCUT2D eigenvalue weighted by Gasteiger charge is 2.08. The lowest BCUT2D eigenvalue weighted by molar-refractivity contribution is 0.184. The summed E-state index contributed by atoms with van der Waals surface area (Å²) in [7, 11) is 3.54. The van der Waals surface area contributed by atoms with E-state index in [4.69, 9.17) is 9.47 Å². The van der Waals surface area contributed by atoms with Gasteiger partial charge in [0.1, 0.15) is 5.75 Å². The summed E-state index contributed by atoms with van der Waals surface area (Å²) in [5.41, 5.74) is 6.85. The number of aliphatic imine (C=N–C) groups is 1. The van der Waals surface area contributed by atoms with E-state index >= 15 is 0 Å². The van der Waals surface area contributed by atoms with E-state index in [0.717, 1.165) is 47.4 Å². The molecule has 0 spiro atoms. The van der Waals surface area contributed by atoms with Gasteiger partial charge in [-0.15, -0.1) is 0 Å². The largest absolute Gasteiger partial charge is 0.493 e. The molecule has 142 valence electrons. The summed E-state index contributed by atoms with van der Waals surface area (Å²) in [5.74, 6) is 0.870. The molecule has 1 aromatic carbocycles. The molecule has 3 heteroatoms. The quantitative estimate of drug-likeness (QED) is 0.276. The van der Waals surface area contributed by atoms with Crippen LogP contribution in [0.1, 0.15) is 51.2 Å². The minimum absolute atomic E-state index is 0.581. The molecule has 3 nitrogen and oxygen atoms in total. The highest BCUT2D eigenvalue weighted by atomic mass is 16.5. The second kappa shape index (κ2) is 11.5. The van der Waals surface area contributed by atoms with Crippen LogP contribution < -0.4 is 4.74 Å². The van der Waals surface area contributed by atoms with Gasteiger partial charge in [0, 0.05) is 25.4 Å². The van der Waals surface area contributed by atoms with Crippen LogP contribution in [-0.2, 0) is 11.3 Å². The van der Waals surface area contributed by atoms with Crippen molar-refractivity contribution in [1.29, 1.82) is 0 Å². The van der Waals surface area contributed by atoms with Crippen LogP contribution in [0.4, 0.5) is 0 Å². The van der Waals surface area contributed by atoms with E-state index in [1.807, 2.05) is 38.2 Å². The number of methoxy groups -OCH3 is 1. The summed E-state index contributed by atoms with van der Waals surface area (Å²) in [6.45, 7) is 15.4. The number of benzene rings is 1. The lowest BCUT2D eigenvalue weighted by Gasteiger charge is -2.14. The van der Waals surface area contributed by atoms with E-state index in [9.17, 15) is 0 Å². The van der Waals surface area contributed by atoms with E-state index < -0.39 is 0 Å². The van der Waals surface area contributed by atoms with Gasteiger partial charge in [0.15, 0.2) is 0 Å². The molecule has 0 saturated heterocycles. The first kappa shape index (κ1) is 21.9. The molecule has 0 radical (unpaired) electrons. The van der Waals surface area contributed by atoms with Crippen LogP contribution in [0.5, 0.6) is 5.75 Å². The maximum absolute atomic E-state index is 6.00. The van der Waals surface area contributed by atoms with E-state index in [2.05, 4.69) is 32.0 Å². The van der Waals surface area contributed by atoms with Gasteiger partial charge in [-0.2, -0.15) is 0 Å². The number of hydrogen-bond donors (Lipinski definition) is 0. The zero-order valence-electron chi connectivity index (χ0n) is 17.0. The van der Waals surface area contributed by atoms with Gasteiger partial charge in [-0.05, 0) is 62.8 Å². The first-order chi connectivity index (χ1) is 12.4. The summed E-state index contributed by atoms with van der Waals surface area (Å²) in [5, 5.41) is 0. The zero-order chi connectivity index (χ0) is 19.5. The van der Waals surface area contributed by atoms with E-state index in [1.165, 1.54) is 11.1 Å². The van der Waals surface area contributed by atoms with Crippen LogP contribution in [0.15, 0.2) is 53.1 Å². The molecular formula is C23H33NO2. The number of nitrogens with zero attached hydrogens (tertiary/aromatic N) is 1. The minimum atomic E-state index is 0.581. The Morgan fingerprint density at radius 2 is 1.92 bits per heavy atom. The average Bonchev–Trinajstić information content (AvgIpc) is 2.64. The summed E-state index contributed by atoms with van der Waals surface area (Å²) < 4.78 is 11.2. The molecule has 0 aliphatic heterocycles. The minimum Gasteiger partial charge on any atom is -0.493 e. The van der Waals surface area contributed by atoms with Crippen molar-refractivity contribution in [2.24, 2.45) is 4.99 Å². The van der Waals surface area contributed by atoms with Crippen molar-refractivity contribution in [1.82, 2.24) is 0 Å². The number of hydrogen-bond acceptors (Lipinski definition) is 3. The molecule has 1 aromatic rings. The first-order valence-electron chi connectivity index (χ1n) is 9.11. The van der Waals surface area contributed by atoms with Gasteiger partial charge in [0.2, 0.25) is 0 Å². The highest BCUT2D eigenvalue weighted by Crippen LogP contribution is 2.23. The third-order valence-electron chi connectivity index (χ3n) is 4.55. The topological polar surface area (TPSA) is 30.8 Å². The standard InChI is InChI=1S/C23H33NO2/c1-8-21-13-12-20(16-25-7)15-23(21)26-14-10-9-11-22(19(5)24-6)18(4)17(2)3/h8,12-13,15H,1-2,9-11,14,16H2,3-7H3/b22-18-,24-19?. The molecule has 0 unspecified atom stereocenters. The fraction of sp³-hybridized carbons (Fsp3) is 0.435. The first-order valence-corrected chi connectivity index (χ1v) is 9.11. The van der Waals surface area contributed by atoms with Crippen molar-refractivity contribution >= 4 is 11.8 Å². The molecule has 0 atom stereocenters. The van der Waals surface area contributed by atoms with Crippen LogP contribution in [-0.4, -0.2) is 26.5 Å². The Hall–Kier alpha value is -2.13. The number of unbranched alkanes of at least 4 members (excludes halogenated alkanes) is 1. The van der Waals surface area contributed by atoms with Crippen molar-refractivity contribution in [2.45, 2.75) is 46.6 Å². The molecule has 0 aliphatic carbocycles. The summed E-state index contributed by atoms with van der Waals surface area (Å²) in [4.78, 5) is 4.35. The molecule has 0 aliphatic rings. The predicted molar refractivity (Wildman–Crippen MR) is 113 cm³/mol. The second-order valence-corrected chi connectivity index (χ2v) is 6.51. The van der Waals surface area contributed by atoms with Gasteiger partial charge in [-0.25, -0.2) is 0 Å². The Morgan fingerprint density at radius 3 is 2.50 bits per heavy atom. The van der Waals surface area contributed by atoms with Crippen molar-refractivity contribution in [3.05, 3.63) is 59.2 Å². The Kier molecular flexibility index (Phi) is 9.67. The lowest BCUT2D eigenvalue weighted by atomic mass is 9.96. The smallest absolute Gasteiger partial charge is 0.126 e. The third-order valence-corrected chi connectivity index (χ3v) is 4.55. The molecule has 0 heterocycles. The van der Waals surface area contributed by atoms with E-state index in [1.54, 1.807) is 7.11 Å². The van der Waals surface area contributed by atoms with E-state index in [0.29, 0.717) is 13.2 Å². The number of rotatable bonds is 11. The van der Waals surface area contributed by atoms with Gasteiger partial charge >= 0.3 is 0 Å². The van der Waals surface area contributed by atoms with Gasteiger partial charge in [-0.3, -0.25) is 4.99 Å². The van der Waals surface area contributed by atoms with Crippen LogP contribution in [0.3, 0.4) is 0 Å². The summed E-state index contributed by atoms with van der Waals surface area (Å²) in [6.07, 6.45) is 4.84. The molecule has 0 fully saturated rings. The average molecular weight is 356 g/mol. The molecule has 1 rings (SSSR count). The van der Waals surface area contributed by atoms with Crippen LogP contribution in [0, 0.1) is 0 Å². The third kappa shape index (κ3) is 6.64. The highest BCUT2D eigenvalue weighted by molar-refractivity contribution is 5.99. The lowest BCUT2D eigenvalue weighted by Crippen LogP contribution is -2.04. The van der Waals surface area contributed by atoms with Gasteiger partial charge in [0.25, 0.3) is 0 Å². The summed E-state index contributed by atoms with van der Waals surface area (Å²) >= 11 is 0. The molecule has 0 amide bonds. The molecular weight excluding hydrogens is 322 g/mol. The van der Waals surface area contributed by atoms with Crippen molar-refractivity contribution in [3.63, 3.8) is 0 Å². The van der Waals surface area contributed by atoms with Crippen molar-refractivity contribution < 1.29 is 9.47 Å². The molecule has 26 heavy (non-hydrogen) atoms. The number of allylic oxidation sites excluding steroid dienone is 3. The fourth-order valence-corrected chi connectivity index (χ4v) is 2.75. The predicted octanol–water partition coefficient (Wildman–Crippen LogP) is 6.01. The number of ether oxygens (including phenoxy) is 2. The maximum Gasteiger partial charge on any atom is 0.126 e. The Morgan fingerprint density at radius 1 is 1.19 bits per heavy atom. The molecule has 0 aromatic heterocycles. The van der Waals surface area contributed by atoms with Crippen LogP contribution in [0.2, 0.25) is 0 Å². The Labute approximate surface area is 159 Å². The Balaban J connectivity index is 2.64. The van der Waals surface area contributed by atoms with E-state index in [-0.39, 0.29) is 0 Å². The molecule has 0 bridgehead atoms. The zero-order valence-corrected chi connectivity index (χ0v) is 17.0. The SMILES string of the molecule is C=Cc1ccc(COC)cc1OCCCC/C(C(C)=NC)=C(\C)C(=C)C. The van der Waals surface area contributed by atoms with Gasteiger partial charge in [0.05, 0.1) is 13.2 Å². The summed E-state index contributed by atoms with van der Waals surface area (Å²) in [6, 6.07) is 6.09. The van der Waals surface area contributed by atoms with Crippen molar-refractivity contribution in [2.75, 3.05) is 20.8 Å². The van der Waals surface area contributed by atoms with Gasteiger partial charge < -0.3 is 9.47 Å². The monoisotopic (exact) mass is 355 g/mol. The van der Waals surface area contributed by atoms with Crippen LogP contribution >= 0.6 is 0 Å².